The third kappa shape index (κ3) is 2.53. The van der Waals surface area contributed by atoms with Crippen molar-refractivity contribution in [2.75, 3.05) is 5.88 Å². The Bertz CT molecular complexity index is 677. The zero-order chi connectivity index (χ0) is 14.8. The van der Waals surface area contributed by atoms with Crippen molar-refractivity contribution in [3.63, 3.8) is 0 Å². The highest BCUT2D eigenvalue weighted by Gasteiger charge is 2.26. The first-order valence-electron chi connectivity index (χ1n) is 7.72. The molecular formula is C17H20ClN3. The molecule has 0 radical (unpaired) electrons. The summed E-state index contributed by atoms with van der Waals surface area (Å²) >= 11 is 5.96. The van der Waals surface area contributed by atoms with Crippen molar-refractivity contribution >= 4 is 22.6 Å². The Labute approximate surface area is 130 Å². The molecule has 0 saturated heterocycles. The first kappa shape index (κ1) is 14.4. The van der Waals surface area contributed by atoms with Gasteiger partial charge in [0.2, 0.25) is 0 Å². The summed E-state index contributed by atoms with van der Waals surface area (Å²) in [5.41, 5.74) is 2.55. The first-order valence-corrected chi connectivity index (χ1v) is 8.25. The van der Waals surface area contributed by atoms with Gasteiger partial charge in [-0.1, -0.05) is 18.9 Å². The number of imidazole rings is 1. The molecule has 1 heterocycles. The van der Waals surface area contributed by atoms with Gasteiger partial charge < -0.3 is 4.57 Å². The minimum atomic E-state index is 0.421. The average molecular weight is 302 g/mol. The van der Waals surface area contributed by atoms with Crippen LogP contribution in [0.25, 0.3) is 11.0 Å². The number of benzene rings is 1. The van der Waals surface area contributed by atoms with Crippen LogP contribution < -0.4 is 0 Å². The normalized spacial score (nSPS) is 17.2. The van der Waals surface area contributed by atoms with Gasteiger partial charge in [-0.25, -0.2) is 4.98 Å². The lowest BCUT2D eigenvalue weighted by atomic mass is 9.99. The number of fused-ring (bicyclic) bond motifs is 1. The maximum atomic E-state index is 9.29. The third-order valence-corrected chi connectivity index (χ3v) is 4.91. The summed E-state index contributed by atoms with van der Waals surface area (Å²) in [5, 5.41) is 9.29. The molecule has 1 aromatic heterocycles. The van der Waals surface area contributed by atoms with Crippen molar-refractivity contribution in [3.8, 4) is 6.07 Å². The molecule has 21 heavy (non-hydrogen) atoms. The number of aryl methyl sites for hydroxylation is 1. The van der Waals surface area contributed by atoms with Crippen LogP contribution in [0.1, 0.15) is 50.0 Å². The number of hydrogen-bond acceptors (Lipinski definition) is 2. The van der Waals surface area contributed by atoms with E-state index >= 15 is 0 Å². The van der Waals surface area contributed by atoms with E-state index in [0.29, 0.717) is 23.4 Å². The molecule has 0 aliphatic heterocycles. The second-order valence-electron chi connectivity index (χ2n) is 5.91. The Balaban J connectivity index is 2.14. The molecule has 4 heteroatoms. The van der Waals surface area contributed by atoms with Crippen molar-refractivity contribution in [3.05, 3.63) is 29.6 Å². The summed E-state index contributed by atoms with van der Waals surface area (Å²) in [7, 11) is 0. The van der Waals surface area contributed by atoms with Crippen LogP contribution in [0, 0.1) is 17.2 Å². The Morgan fingerprint density at radius 1 is 1.43 bits per heavy atom. The van der Waals surface area contributed by atoms with Crippen molar-refractivity contribution in [1.82, 2.24) is 9.55 Å². The lowest BCUT2D eigenvalue weighted by Crippen LogP contribution is -2.17. The van der Waals surface area contributed by atoms with E-state index in [9.17, 15) is 5.26 Å². The minimum Gasteiger partial charge on any atom is -0.325 e. The van der Waals surface area contributed by atoms with Gasteiger partial charge in [0.05, 0.1) is 11.1 Å². The lowest BCUT2D eigenvalue weighted by Gasteiger charge is -2.23. The van der Waals surface area contributed by atoms with Crippen LogP contribution in [0.4, 0.5) is 0 Å². The van der Waals surface area contributed by atoms with Crippen LogP contribution in [-0.2, 0) is 6.42 Å². The Morgan fingerprint density at radius 3 is 2.86 bits per heavy atom. The van der Waals surface area contributed by atoms with E-state index in [-0.39, 0.29) is 0 Å². The molecule has 1 saturated carbocycles. The van der Waals surface area contributed by atoms with Gasteiger partial charge in [-0.05, 0) is 37.8 Å². The molecule has 0 spiro atoms. The molecule has 1 aliphatic rings. The number of rotatable bonds is 4. The van der Waals surface area contributed by atoms with Gasteiger partial charge in [-0.2, -0.15) is 5.26 Å². The quantitative estimate of drug-likeness (QED) is 0.783. The minimum absolute atomic E-state index is 0.421. The maximum Gasteiger partial charge on any atom is 0.111 e. The zero-order valence-corrected chi connectivity index (χ0v) is 13.1. The van der Waals surface area contributed by atoms with Crippen LogP contribution in [-0.4, -0.2) is 15.4 Å². The molecule has 2 aromatic rings. The topological polar surface area (TPSA) is 41.6 Å². The molecule has 0 N–H and O–H groups in total. The van der Waals surface area contributed by atoms with Crippen LogP contribution >= 0.6 is 11.6 Å². The van der Waals surface area contributed by atoms with Gasteiger partial charge >= 0.3 is 0 Å². The molecular weight excluding hydrogens is 282 g/mol. The number of alkyl halides is 1. The Morgan fingerprint density at radius 2 is 2.19 bits per heavy atom. The predicted octanol–water partition coefficient (Wildman–Crippen LogP) is 4.44. The van der Waals surface area contributed by atoms with Gasteiger partial charge in [0.1, 0.15) is 17.4 Å². The Kier molecular flexibility index (Phi) is 4.17. The van der Waals surface area contributed by atoms with E-state index in [1.165, 1.54) is 25.7 Å². The molecule has 0 amide bonds. The van der Waals surface area contributed by atoms with Crippen molar-refractivity contribution < 1.29 is 0 Å². The summed E-state index contributed by atoms with van der Waals surface area (Å²) in [6, 6.07) is 8.54. The van der Waals surface area contributed by atoms with E-state index in [2.05, 4.69) is 23.6 Å². The van der Waals surface area contributed by atoms with E-state index in [1.54, 1.807) is 0 Å². The number of aromatic nitrogens is 2. The van der Waals surface area contributed by atoms with Gasteiger partial charge in [-0.15, -0.1) is 11.6 Å². The number of hydrogen-bond donors (Lipinski definition) is 0. The average Bonchev–Trinajstić information content (AvgIpc) is 3.14. The van der Waals surface area contributed by atoms with Crippen LogP contribution in [0.3, 0.4) is 0 Å². The largest absolute Gasteiger partial charge is 0.325 e. The highest BCUT2D eigenvalue weighted by Crippen LogP contribution is 2.36. The molecule has 1 unspecified atom stereocenters. The maximum absolute atomic E-state index is 9.29. The van der Waals surface area contributed by atoms with Crippen LogP contribution in [0.2, 0.25) is 0 Å². The number of para-hydroxylation sites is 1. The SMILES string of the molecule is CC(C1CCCC1)n1c(CCCl)nc2c(C#N)cccc21. The van der Waals surface area contributed by atoms with Crippen molar-refractivity contribution in [2.24, 2.45) is 5.92 Å². The molecule has 1 aromatic carbocycles. The fourth-order valence-electron chi connectivity index (χ4n) is 3.62. The molecule has 3 rings (SSSR count). The highest BCUT2D eigenvalue weighted by molar-refractivity contribution is 6.17. The number of nitrogens with zero attached hydrogens (tertiary/aromatic N) is 3. The third-order valence-electron chi connectivity index (χ3n) is 4.72. The molecule has 1 aliphatic carbocycles. The van der Waals surface area contributed by atoms with Gasteiger partial charge in [-0.3, -0.25) is 0 Å². The monoisotopic (exact) mass is 301 g/mol. The second kappa shape index (κ2) is 6.07. The van der Waals surface area contributed by atoms with Crippen LogP contribution in [0.5, 0.6) is 0 Å². The molecule has 3 nitrogen and oxygen atoms in total. The van der Waals surface area contributed by atoms with Crippen LogP contribution in [0.15, 0.2) is 18.2 Å². The summed E-state index contributed by atoms with van der Waals surface area (Å²) < 4.78 is 2.33. The fourth-order valence-corrected chi connectivity index (χ4v) is 3.79. The standard InChI is InChI=1S/C17H20ClN3/c1-12(13-5-2-3-6-13)21-15-8-4-7-14(11-19)17(15)20-16(21)9-10-18/h4,7-8,12-13H,2-3,5-6,9-10H2,1H3. The van der Waals surface area contributed by atoms with E-state index in [4.69, 9.17) is 16.6 Å². The molecule has 1 atom stereocenters. The summed E-state index contributed by atoms with van der Waals surface area (Å²) in [6.07, 6.45) is 5.99. The van der Waals surface area contributed by atoms with Gasteiger partial charge in [0.25, 0.3) is 0 Å². The summed E-state index contributed by atoms with van der Waals surface area (Å²) in [5.74, 6) is 2.28. The zero-order valence-electron chi connectivity index (χ0n) is 12.3. The van der Waals surface area contributed by atoms with E-state index in [1.807, 2.05) is 12.1 Å². The fraction of sp³-hybridized carbons (Fsp3) is 0.529. The smallest absolute Gasteiger partial charge is 0.111 e. The lowest BCUT2D eigenvalue weighted by molar-refractivity contribution is 0.360. The number of nitriles is 1. The first-order chi connectivity index (χ1) is 10.3. The van der Waals surface area contributed by atoms with E-state index < -0.39 is 0 Å². The van der Waals surface area contributed by atoms with Gasteiger partial charge in [0, 0.05) is 18.3 Å². The van der Waals surface area contributed by atoms with Crippen molar-refractivity contribution in [2.45, 2.75) is 45.1 Å². The number of halogens is 1. The van der Waals surface area contributed by atoms with Gasteiger partial charge in [0.15, 0.2) is 0 Å². The van der Waals surface area contributed by atoms with E-state index in [0.717, 1.165) is 23.3 Å². The van der Waals surface area contributed by atoms with Crippen molar-refractivity contribution in [1.29, 1.82) is 5.26 Å². The Hall–Kier alpha value is -1.53. The molecule has 0 bridgehead atoms. The second-order valence-corrected chi connectivity index (χ2v) is 6.29. The predicted molar refractivity (Wildman–Crippen MR) is 85.5 cm³/mol. The summed E-state index contributed by atoms with van der Waals surface area (Å²) in [6.45, 7) is 2.29. The molecule has 1 fully saturated rings. The highest BCUT2D eigenvalue weighted by atomic mass is 35.5. The molecule has 110 valence electrons. The summed E-state index contributed by atoms with van der Waals surface area (Å²) in [4.78, 5) is 4.72.